The van der Waals surface area contributed by atoms with Crippen LogP contribution in [0.1, 0.15) is 20.7 Å². The summed E-state index contributed by atoms with van der Waals surface area (Å²) in [4.78, 5) is 22.1. The molecule has 0 fully saturated rings. The van der Waals surface area contributed by atoms with E-state index in [-0.39, 0.29) is 34.1 Å². The van der Waals surface area contributed by atoms with Crippen molar-refractivity contribution in [1.82, 2.24) is 0 Å². The van der Waals surface area contributed by atoms with Crippen molar-refractivity contribution < 1.29 is 48.6 Å². The van der Waals surface area contributed by atoms with Crippen LogP contribution in [0.15, 0.2) is 24.3 Å². The molecule has 1 spiro atoms. The number of carboxylic acids is 2. The zero-order valence-electron chi connectivity index (χ0n) is 12.1. The normalized spacial score (nSPS) is 15.4. The average Bonchev–Trinajstić information content (AvgIpc) is 3.07. The Bertz CT molecular complexity index is 876. The fourth-order valence-corrected chi connectivity index (χ4v) is 2.58. The number of aromatic carboxylic acids is 2. The van der Waals surface area contributed by atoms with Crippen LogP contribution in [0, 0.1) is 0 Å². The van der Waals surface area contributed by atoms with E-state index in [1.54, 1.807) is 0 Å². The summed E-state index contributed by atoms with van der Waals surface area (Å²) < 4.78 is 21.5. The molecule has 0 saturated carbocycles. The van der Waals surface area contributed by atoms with Crippen molar-refractivity contribution in [2.45, 2.75) is 0 Å². The molecule has 0 aliphatic carbocycles. The molecule has 0 radical (unpaired) electrons. The molecule has 0 atom stereocenters. The summed E-state index contributed by atoms with van der Waals surface area (Å²) in [5.41, 5.74) is -0.501. The second kappa shape index (κ2) is 4.63. The smallest absolute Gasteiger partial charge is 0.609 e. The summed E-state index contributed by atoms with van der Waals surface area (Å²) in [7, 11) is 0. The number of hydrogen-bond donors (Lipinski definition) is 4. The van der Waals surface area contributed by atoms with Crippen molar-refractivity contribution in [3.63, 3.8) is 0 Å². The molecular weight excluding hydrogens is 339 g/mol. The van der Waals surface area contributed by atoms with Gasteiger partial charge in [-0.05, 0) is 24.3 Å². The van der Waals surface area contributed by atoms with Gasteiger partial charge in [-0.25, -0.2) is 9.59 Å². The molecule has 0 bridgehead atoms. The van der Waals surface area contributed by atoms with Crippen LogP contribution in [0.2, 0.25) is 0 Å². The molecular formula is C14H8BO10-. The second-order valence-corrected chi connectivity index (χ2v) is 5.30. The minimum absolute atomic E-state index is 0.136. The van der Waals surface area contributed by atoms with E-state index in [4.69, 9.17) is 28.8 Å². The number of aromatic hydroxyl groups is 2. The molecule has 25 heavy (non-hydrogen) atoms. The summed E-state index contributed by atoms with van der Waals surface area (Å²) in [5, 5.41) is 37.8. The third-order valence-electron chi connectivity index (χ3n) is 3.63. The van der Waals surface area contributed by atoms with E-state index in [0.717, 1.165) is 24.3 Å². The van der Waals surface area contributed by atoms with Gasteiger partial charge in [0.25, 0.3) is 0 Å². The van der Waals surface area contributed by atoms with Crippen molar-refractivity contribution in [3.05, 3.63) is 35.4 Å². The molecule has 0 unspecified atom stereocenters. The average molecular weight is 347 g/mol. The van der Waals surface area contributed by atoms with Gasteiger partial charge in [-0.2, -0.15) is 0 Å². The van der Waals surface area contributed by atoms with Crippen molar-refractivity contribution >= 4 is 18.9 Å². The first-order valence-corrected chi connectivity index (χ1v) is 6.87. The SMILES string of the molecule is O=C(O)c1cc(O)c2c(c1)O[B-]1(Oc3cc(C(=O)O)cc(O)c3O1)O2. The van der Waals surface area contributed by atoms with E-state index in [1.165, 1.54) is 0 Å². The Hall–Kier alpha value is -3.76. The maximum atomic E-state index is 11.0. The van der Waals surface area contributed by atoms with Crippen molar-refractivity contribution in [2.75, 3.05) is 0 Å². The van der Waals surface area contributed by atoms with Gasteiger partial charge in [-0.15, -0.1) is 0 Å². The lowest BCUT2D eigenvalue weighted by Crippen LogP contribution is -2.54. The van der Waals surface area contributed by atoms with Gasteiger partial charge in [-0.3, -0.25) is 0 Å². The molecule has 2 aromatic rings. The molecule has 10 nitrogen and oxygen atoms in total. The summed E-state index contributed by atoms with van der Waals surface area (Å²) in [6.07, 6.45) is 0. The lowest BCUT2D eigenvalue weighted by Gasteiger charge is -2.27. The summed E-state index contributed by atoms with van der Waals surface area (Å²) >= 11 is 0. The Morgan fingerprint density at radius 1 is 0.720 bits per heavy atom. The Labute approximate surface area is 138 Å². The molecule has 2 aromatic carbocycles. The quantitative estimate of drug-likeness (QED) is 0.582. The highest BCUT2D eigenvalue weighted by atomic mass is 16.9. The lowest BCUT2D eigenvalue weighted by molar-refractivity contribution is 0.0685. The molecule has 2 aliphatic rings. The third kappa shape index (κ3) is 2.13. The van der Waals surface area contributed by atoms with Gasteiger partial charge in [0.05, 0.1) is 11.1 Å². The maximum absolute atomic E-state index is 11.0. The third-order valence-corrected chi connectivity index (χ3v) is 3.63. The van der Waals surface area contributed by atoms with Crippen LogP contribution in [-0.4, -0.2) is 39.3 Å². The lowest BCUT2D eigenvalue weighted by atomic mass is 10.1. The standard InChI is InChI=1S/C14H8BO10/c16-7-1-5(13(18)19)3-9-11(7)24-15(22-9)23-10-4-6(14(20)21)2-8(17)12(10)25-15/h1-4,16-17H,(H,18,19)(H,20,21)/q-1. The van der Waals surface area contributed by atoms with Crippen molar-refractivity contribution in [1.29, 1.82) is 0 Å². The van der Waals surface area contributed by atoms with E-state index < -0.39 is 30.4 Å². The number of benzene rings is 2. The predicted octanol–water partition coefficient (Wildman–Crippen LogP) is 1.17. The molecule has 0 amide bonds. The van der Waals surface area contributed by atoms with Gasteiger partial charge in [0.2, 0.25) is 0 Å². The molecule has 2 aliphatic heterocycles. The fourth-order valence-electron chi connectivity index (χ4n) is 2.58. The van der Waals surface area contributed by atoms with E-state index >= 15 is 0 Å². The number of phenols is 2. The zero-order valence-corrected chi connectivity index (χ0v) is 12.1. The molecule has 4 rings (SSSR count). The second-order valence-electron chi connectivity index (χ2n) is 5.30. The van der Waals surface area contributed by atoms with Gasteiger partial charge in [-0.1, -0.05) is 0 Å². The highest BCUT2D eigenvalue weighted by Gasteiger charge is 2.53. The first-order valence-electron chi connectivity index (χ1n) is 6.87. The van der Waals surface area contributed by atoms with E-state index in [9.17, 15) is 19.8 Å². The Kier molecular flexibility index (Phi) is 2.74. The molecule has 0 aromatic heterocycles. The summed E-state index contributed by atoms with van der Waals surface area (Å²) in [6.45, 7) is -3.02. The molecule has 11 heteroatoms. The van der Waals surface area contributed by atoms with E-state index in [0.29, 0.717) is 0 Å². The minimum atomic E-state index is -3.02. The molecule has 128 valence electrons. The Balaban J connectivity index is 1.72. The van der Waals surface area contributed by atoms with Gasteiger partial charge in [0.1, 0.15) is 11.5 Å². The van der Waals surface area contributed by atoms with Crippen LogP contribution in [-0.2, 0) is 0 Å². The van der Waals surface area contributed by atoms with Crippen molar-refractivity contribution in [3.8, 4) is 34.5 Å². The fraction of sp³-hybridized carbons (Fsp3) is 0. The topological polar surface area (TPSA) is 152 Å². The Morgan fingerprint density at radius 2 is 1.12 bits per heavy atom. The minimum Gasteiger partial charge on any atom is -0.609 e. The van der Waals surface area contributed by atoms with E-state index in [1.807, 2.05) is 0 Å². The van der Waals surface area contributed by atoms with Crippen molar-refractivity contribution in [2.24, 2.45) is 0 Å². The monoisotopic (exact) mass is 347 g/mol. The number of carbonyl (C=O) groups is 2. The number of fused-ring (bicyclic) bond motifs is 2. The Morgan fingerprint density at radius 3 is 1.48 bits per heavy atom. The van der Waals surface area contributed by atoms with Crippen LogP contribution in [0.25, 0.3) is 0 Å². The van der Waals surface area contributed by atoms with E-state index in [2.05, 4.69) is 0 Å². The van der Waals surface area contributed by atoms with Gasteiger partial charge < -0.3 is 39.0 Å². The molecule has 4 N–H and O–H groups in total. The zero-order chi connectivity index (χ0) is 17.9. The van der Waals surface area contributed by atoms with Gasteiger partial charge in [0, 0.05) is 0 Å². The molecule has 0 saturated heterocycles. The number of phenolic OH excluding ortho intramolecular Hbond substituents is 2. The number of rotatable bonds is 2. The largest absolute Gasteiger partial charge is 0.777 e. The van der Waals surface area contributed by atoms with Crippen LogP contribution in [0.5, 0.6) is 34.5 Å². The van der Waals surface area contributed by atoms with Crippen LogP contribution in [0.4, 0.5) is 0 Å². The van der Waals surface area contributed by atoms with Crippen LogP contribution < -0.4 is 18.6 Å². The number of hydrogen-bond acceptors (Lipinski definition) is 8. The van der Waals surface area contributed by atoms with Gasteiger partial charge >= 0.3 is 18.9 Å². The van der Waals surface area contributed by atoms with Crippen LogP contribution in [0.3, 0.4) is 0 Å². The first-order chi connectivity index (χ1) is 11.8. The number of carboxylic acid groups (broad SMARTS) is 2. The highest BCUT2D eigenvalue weighted by molar-refractivity contribution is 6.59. The summed E-state index contributed by atoms with van der Waals surface area (Å²) in [6, 6.07) is 4.13. The molecule has 2 heterocycles. The summed E-state index contributed by atoms with van der Waals surface area (Å²) in [5.74, 6) is -4.27. The maximum Gasteiger partial charge on any atom is 0.777 e. The first kappa shape index (κ1) is 14.8. The highest BCUT2D eigenvalue weighted by Crippen LogP contribution is 2.51. The van der Waals surface area contributed by atoms with Crippen LogP contribution >= 0.6 is 0 Å². The predicted molar refractivity (Wildman–Crippen MR) is 78.4 cm³/mol. The van der Waals surface area contributed by atoms with Gasteiger partial charge in [0.15, 0.2) is 23.0 Å².